The number of nitrogens with zero attached hydrogens (tertiary/aromatic N) is 1. The van der Waals surface area contributed by atoms with Crippen molar-refractivity contribution in [3.63, 3.8) is 0 Å². The van der Waals surface area contributed by atoms with Gasteiger partial charge in [0.05, 0.1) is 30.2 Å². The summed E-state index contributed by atoms with van der Waals surface area (Å²) in [4.78, 5) is 17.7. The minimum atomic E-state index is -0.703. The van der Waals surface area contributed by atoms with Crippen LogP contribution >= 0.6 is 23.2 Å². The Morgan fingerprint density at radius 1 is 0.921 bits per heavy atom. The first-order valence-corrected chi connectivity index (χ1v) is 12.7. The lowest BCUT2D eigenvalue weighted by molar-refractivity contribution is -0.150. The van der Waals surface area contributed by atoms with E-state index in [4.69, 9.17) is 43.1 Å². The Bertz CT molecular complexity index is 1410. The van der Waals surface area contributed by atoms with Crippen LogP contribution in [0, 0.1) is 0 Å². The lowest BCUT2D eigenvalue weighted by Crippen LogP contribution is -2.19. The van der Waals surface area contributed by atoms with E-state index < -0.39 is 18.0 Å². The molecule has 0 bridgehead atoms. The molecule has 0 aliphatic carbocycles. The molecule has 0 aliphatic heterocycles. The van der Waals surface area contributed by atoms with E-state index in [0.29, 0.717) is 38.4 Å². The SMILES string of the molecule is COc1ccc(C(Cc2c(Cl)cncc2Cl)OC(=O)C(C)c2ccccc2-c2ccc(N)cc2)cc1OC. The van der Waals surface area contributed by atoms with E-state index in [2.05, 4.69) is 4.98 Å². The molecule has 1 aromatic heterocycles. The van der Waals surface area contributed by atoms with Gasteiger partial charge in [0.25, 0.3) is 0 Å². The van der Waals surface area contributed by atoms with Crippen LogP contribution in [0.15, 0.2) is 79.1 Å². The number of hydrogen-bond acceptors (Lipinski definition) is 6. The number of benzene rings is 3. The van der Waals surface area contributed by atoms with E-state index in [1.807, 2.05) is 61.5 Å². The molecule has 0 saturated heterocycles. The number of nitrogen functional groups attached to an aromatic ring is 1. The van der Waals surface area contributed by atoms with Gasteiger partial charge in [-0.05, 0) is 59.0 Å². The smallest absolute Gasteiger partial charge is 0.313 e. The van der Waals surface area contributed by atoms with E-state index in [1.54, 1.807) is 26.4 Å². The summed E-state index contributed by atoms with van der Waals surface area (Å²) < 4.78 is 17.0. The summed E-state index contributed by atoms with van der Waals surface area (Å²) >= 11 is 12.8. The molecule has 38 heavy (non-hydrogen) atoms. The van der Waals surface area contributed by atoms with Gasteiger partial charge in [-0.3, -0.25) is 9.78 Å². The summed E-state index contributed by atoms with van der Waals surface area (Å²) in [6, 6.07) is 20.7. The van der Waals surface area contributed by atoms with Gasteiger partial charge in [0.15, 0.2) is 11.5 Å². The standard InChI is InChI=1S/C30H28Cl2N2O4/c1-18(22-6-4-5-7-23(22)19-8-11-21(33)12-9-19)30(35)38-28(15-24-25(31)16-34-17-26(24)32)20-10-13-27(36-2)29(14-20)37-3/h4-14,16-18,28H,15,33H2,1-3H3. The van der Waals surface area contributed by atoms with Gasteiger partial charge >= 0.3 is 5.97 Å². The van der Waals surface area contributed by atoms with E-state index in [1.165, 1.54) is 12.4 Å². The van der Waals surface area contributed by atoms with Crippen LogP contribution < -0.4 is 15.2 Å². The Balaban J connectivity index is 1.69. The molecule has 4 aromatic rings. The lowest BCUT2D eigenvalue weighted by atomic mass is 9.91. The zero-order valence-corrected chi connectivity index (χ0v) is 22.8. The molecule has 8 heteroatoms. The van der Waals surface area contributed by atoms with Crippen LogP contribution in [0.3, 0.4) is 0 Å². The normalized spacial score (nSPS) is 12.4. The van der Waals surface area contributed by atoms with Crippen LogP contribution in [0.5, 0.6) is 11.5 Å². The number of anilines is 1. The van der Waals surface area contributed by atoms with Crippen LogP contribution in [0.4, 0.5) is 5.69 Å². The number of nitrogens with two attached hydrogens (primary N) is 1. The molecule has 3 aromatic carbocycles. The van der Waals surface area contributed by atoms with Crippen molar-refractivity contribution in [1.29, 1.82) is 0 Å². The van der Waals surface area contributed by atoms with Crippen molar-refractivity contribution < 1.29 is 19.0 Å². The van der Waals surface area contributed by atoms with Crippen LogP contribution in [0.2, 0.25) is 10.0 Å². The molecular weight excluding hydrogens is 523 g/mol. The maximum absolute atomic E-state index is 13.6. The molecule has 0 aliphatic rings. The van der Waals surface area contributed by atoms with Crippen LogP contribution in [-0.2, 0) is 16.0 Å². The number of rotatable bonds is 9. The summed E-state index contributed by atoms with van der Waals surface area (Å²) in [5.41, 5.74) is 10.6. The molecule has 0 saturated carbocycles. The minimum Gasteiger partial charge on any atom is -0.493 e. The number of pyridine rings is 1. The zero-order valence-electron chi connectivity index (χ0n) is 21.3. The van der Waals surface area contributed by atoms with E-state index in [-0.39, 0.29) is 6.42 Å². The lowest BCUT2D eigenvalue weighted by Gasteiger charge is -2.23. The van der Waals surface area contributed by atoms with Crippen LogP contribution in [0.25, 0.3) is 11.1 Å². The Morgan fingerprint density at radius 3 is 2.24 bits per heavy atom. The van der Waals surface area contributed by atoms with Crippen molar-refractivity contribution >= 4 is 34.9 Å². The van der Waals surface area contributed by atoms with Gasteiger partial charge in [0.1, 0.15) is 6.10 Å². The number of methoxy groups -OCH3 is 2. The van der Waals surface area contributed by atoms with Gasteiger partial charge in [-0.2, -0.15) is 0 Å². The molecule has 2 N–H and O–H groups in total. The molecule has 1 heterocycles. The molecule has 0 spiro atoms. The summed E-state index contributed by atoms with van der Waals surface area (Å²) in [5, 5.41) is 0.779. The first-order chi connectivity index (χ1) is 18.3. The van der Waals surface area contributed by atoms with Crippen molar-refractivity contribution in [3.8, 4) is 22.6 Å². The van der Waals surface area contributed by atoms with Gasteiger partial charge in [-0.15, -0.1) is 0 Å². The number of ether oxygens (including phenoxy) is 3. The van der Waals surface area contributed by atoms with Crippen molar-refractivity contribution in [2.75, 3.05) is 20.0 Å². The average molecular weight is 551 g/mol. The molecule has 4 rings (SSSR count). The fourth-order valence-corrected chi connectivity index (χ4v) is 4.79. The highest BCUT2D eigenvalue weighted by Crippen LogP contribution is 2.37. The number of esters is 1. The molecule has 0 fully saturated rings. The van der Waals surface area contributed by atoms with Crippen molar-refractivity contribution in [1.82, 2.24) is 4.98 Å². The molecule has 6 nitrogen and oxygen atoms in total. The van der Waals surface area contributed by atoms with Crippen molar-refractivity contribution in [2.45, 2.75) is 25.4 Å². The Kier molecular flexibility index (Phi) is 8.77. The average Bonchev–Trinajstić information content (AvgIpc) is 2.94. The predicted molar refractivity (Wildman–Crippen MR) is 151 cm³/mol. The third-order valence-corrected chi connectivity index (χ3v) is 7.03. The van der Waals surface area contributed by atoms with E-state index >= 15 is 0 Å². The number of hydrogen-bond donors (Lipinski definition) is 1. The molecule has 0 radical (unpaired) electrons. The molecule has 0 amide bonds. The van der Waals surface area contributed by atoms with Gasteiger partial charge in [0, 0.05) is 24.5 Å². The van der Waals surface area contributed by atoms with Crippen LogP contribution in [-0.4, -0.2) is 25.2 Å². The Morgan fingerprint density at radius 2 is 1.58 bits per heavy atom. The first kappa shape index (κ1) is 27.3. The third-order valence-electron chi connectivity index (χ3n) is 6.38. The molecule has 2 unspecified atom stereocenters. The quantitative estimate of drug-likeness (QED) is 0.174. The second-order valence-corrected chi connectivity index (χ2v) is 9.57. The Labute approximate surface area is 232 Å². The van der Waals surface area contributed by atoms with Crippen molar-refractivity contribution in [3.05, 3.63) is 106 Å². The van der Waals surface area contributed by atoms with Gasteiger partial charge in [-0.25, -0.2) is 0 Å². The second kappa shape index (κ2) is 12.2. The topological polar surface area (TPSA) is 83.7 Å². The third kappa shape index (κ3) is 6.04. The van der Waals surface area contributed by atoms with Crippen molar-refractivity contribution in [2.24, 2.45) is 0 Å². The fraction of sp³-hybridized carbons (Fsp3) is 0.200. The zero-order chi connectivity index (χ0) is 27.2. The maximum atomic E-state index is 13.6. The summed E-state index contributed by atoms with van der Waals surface area (Å²) in [6.45, 7) is 1.83. The van der Waals surface area contributed by atoms with Gasteiger partial charge in [-0.1, -0.05) is 65.7 Å². The first-order valence-electron chi connectivity index (χ1n) is 12.0. The molecule has 196 valence electrons. The summed E-state index contributed by atoms with van der Waals surface area (Å²) in [6.07, 6.45) is 2.57. The number of carbonyl (C=O) groups excluding carboxylic acids is 1. The van der Waals surface area contributed by atoms with E-state index in [9.17, 15) is 4.79 Å². The van der Waals surface area contributed by atoms with Gasteiger partial charge < -0.3 is 19.9 Å². The molecular formula is C30H28Cl2N2O4. The maximum Gasteiger partial charge on any atom is 0.313 e. The van der Waals surface area contributed by atoms with E-state index in [0.717, 1.165) is 16.7 Å². The Hall–Kier alpha value is -3.74. The van der Waals surface area contributed by atoms with Gasteiger partial charge in [0.2, 0.25) is 0 Å². The highest BCUT2D eigenvalue weighted by molar-refractivity contribution is 6.35. The number of carbonyl (C=O) groups is 1. The highest BCUT2D eigenvalue weighted by atomic mass is 35.5. The van der Waals surface area contributed by atoms with Crippen LogP contribution in [0.1, 0.15) is 35.6 Å². The minimum absolute atomic E-state index is 0.244. The highest BCUT2D eigenvalue weighted by Gasteiger charge is 2.27. The summed E-state index contributed by atoms with van der Waals surface area (Å²) in [5.74, 6) is 0.121. The number of halogens is 2. The number of aromatic nitrogens is 1. The predicted octanol–water partition coefficient (Wildman–Crippen LogP) is 7.29. The monoisotopic (exact) mass is 550 g/mol. The summed E-state index contributed by atoms with van der Waals surface area (Å²) in [7, 11) is 3.11. The molecule has 2 atom stereocenters. The second-order valence-electron chi connectivity index (χ2n) is 8.76. The largest absolute Gasteiger partial charge is 0.493 e. The fourth-order valence-electron chi connectivity index (χ4n) is 4.27.